The predicted molar refractivity (Wildman–Crippen MR) is 111 cm³/mol. The molecular formula is C22H33N3O4. The molecule has 0 radical (unpaired) electrons. The third kappa shape index (κ3) is 5.26. The smallest absolute Gasteiger partial charge is 0.349 e. The molecule has 0 saturated carbocycles. The molecule has 0 bridgehead atoms. The molecule has 3 rings (SSSR count). The summed E-state index contributed by atoms with van der Waals surface area (Å²) in [4.78, 5) is 39.1. The van der Waals surface area contributed by atoms with Gasteiger partial charge >= 0.3 is 5.63 Å². The fourth-order valence-corrected chi connectivity index (χ4v) is 4.25. The Labute approximate surface area is 172 Å². The Morgan fingerprint density at radius 3 is 2.59 bits per heavy atom. The molecule has 0 aromatic carbocycles. The van der Waals surface area contributed by atoms with Crippen LogP contribution in [-0.4, -0.2) is 49.4 Å². The van der Waals surface area contributed by atoms with Crippen LogP contribution in [0.3, 0.4) is 0 Å². The lowest BCUT2D eigenvalue weighted by Crippen LogP contribution is -2.43. The van der Waals surface area contributed by atoms with Crippen molar-refractivity contribution in [3.05, 3.63) is 33.4 Å². The van der Waals surface area contributed by atoms with Gasteiger partial charge in [-0.1, -0.05) is 13.8 Å². The Bertz CT molecular complexity index is 788. The van der Waals surface area contributed by atoms with E-state index < -0.39 is 5.63 Å². The molecule has 3 heterocycles. The minimum atomic E-state index is -0.555. The van der Waals surface area contributed by atoms with Gasteiger partial charge in [-0.25, -0.2) is 4.79 Å². The van der Waals surface area contributed by atoms with Crippen LogP contribution < -0.4 is 16.3 Å². The van der Waals surface area contributed by atoms with Crippen LogP contribution in [-0.2, 0) is 4.79 Å². The monoisotopic (exact) mass is 403 g/mol. The molecule has 29 heavy (non-hydrogen) atoms. The van der Waals surface area contributed by atoms with Crippen LogP contribution in [0, 0.1) is 18.8 Å². The molecule has 2 aliphatic rings. The fraction of sp³-hybridized carbons (Fsp3) is 0.682. The van der Waals surface area contributed by atoms with Gasteiger partial charge in [-0.15, -0.1) is 0 Å². The summed E-state index contributed by atoms with van der Waals surface area (Å²) in [5, 5.41) is 6.22. The highest BCUT2D eigenvalue weighted by atomic mass is 16.4. The zero-order valence-corrected chi connectivity index (χ0v) is 17.8. The molecule has 7 heteroatoms. The molecule has 2 amide bonds. The second kappa shape index (κ2) is 9.57. The maximum atomic E-state index is 12.6. The highest BCUT2D eigenvalue weighted by molar-refractivity contribution is 5.95. The average Bonchev–Trinajstić information content (AvgIpc) is 2.72. The third-order valence-electron chi connectivity index (χ3n) is 6.07. The molecule has 2 N–H and O–H groups in total. The number of piperidine rings is 2. The van der Waals surface area contributed by atoms with Gasteiger partial charge in [0.1, 0.15) is 11.3 Å². The van der Waals surface area contributed by atoms with Gasteiger partial charge in [-0.2, -0.15) is 0 Å². The second-order valence-corrected chi connectivity index (χ2v) is 8.67. The molecular weight excluding hydrogens is 370 g/mol. The zero-order chi connectivity index (χ0) is 21.0. The molecule has 1 atom stereocenters. The van der Waals surface area contributed by atoms with Crippen LogP contribution in [0.1, 0.15) is 67.1 Å². The van der Waals surface area contributed by atoms with Gasteiger partial charge in [0.05, 0.1) is 0 Å². The van der Waals surface area contributed by atoms with Gasteiger partial charge < -0.3 is 20.0 Å². The number of nitrogens with zero attached hydrogens (tertiary/aromatic N) is 1. The third-order valence-corrected chi connectivity index (χ3v) is 6.07. The first-order valence-corrected chi connectivity index (χ1v) is 10.8. The van der Waals surface area contributed by atoms with Crippen molar-refractivity contribution in [3.63, 3.8) is 0 Å². The number of amides is 2. The summed E-state index contributed by atoms with van der Waals surface area (Å²) in [5.74, 6) is 1.000. The van der Waals surface area contributed by atoms with E-state index in [4.69, 9.17) is 4.42 Å². The van der Waals surface area contributed by atoms with E-state index in [0.29, 0.717) is 23.8 Å². The fourth-order valence-electron chi connectivity index (χ4n) is 4.25. The lowest BCUT2D eigenvalue weighted by atomic mass is 9.95. The summed E-state index contributed by atoms with van der Waals surface area (Å²) in [6.45, 7) is 9.37. The topological polar surface area (TPSA) is 91.7 Å². The number of carbonyl (C=O) groups is 2. The predicted octanol–water partition coefficient (Wildman–Crippen LogP) is 2.04. The standard InChI is InChI=1S/C22H33N3O4/c1-14(2)21(27)25-9-6-16(7-10-25)12-24-20(26)19-15(3)11-18(29-22(19)28)17-5-4-8-23-13-17/h11,14,16-17,23H,4-10,12-13H2,1-3H3,(H,24,26). The summed E-state index contributed by atoms with van der Waals surface area (Å²) in [6.07, 6.45) is 3.76. The summed E-state index contributed by atoms with van der Waals surface area (Å²) in [5.41, 5.74) is 0.210. The highest BCUT2D eigenvalue weighted by Crippen LogP contribution is 2.24. The maximum absolute atomic E-state index is 12.6. The van der Waals surface area contributed by atoms with Gasteiger partial charge in [0.25, 0.3) is 5.91 Å². The summed E-state index contributed by atoms with van der Waals surface area (Å²) in [7, 11) is 0. The first kappa shape index (κ1) is 21.6. The zero-order valence-electron chi connectivity index (χ0n) is 17.8. The second-order valence-electron chi connectivity index (χ2n) is 8.67. The minimum Gasteiger partial charge on any atom is -0.427 e. The average molecular weight is 404 g/mol. The van der Waals surface area contributed by atoms with E-state index in [0.717, 1.165) is 51.9 Å². The van der Waals surface area contributed by atoms with Crippen molar-refractivity contribution in [2.75, 3.05) is 32.7 Å². The Morgan fingerprint density at radius 1 is 1.28 bits per heavy atom. The quantitative estimate of drug-likeness (QED) is 0.785. The van der Waals surface area contributed by atoms with Gasteiger partial charge in [0, 0.05) is 38.0 Å². The first-order chi connectivity index (χ1) is 13.9. The Hall–Kier alpha value is -2.15. The highest BCUT2D eigenvalue weighted by Gasteiger charge is 2.26. The molecule has 2 fully saturated rings. The molecule has 0 aliphatic carbocycles. The lowest BCUT2D eigenvalue weighted by molar-refractivity contribution is -0.135. The SMILES string of the molecule is Cc1cc(C2CCCNC2)oc(=O)c1C(=O)NCC1CCN(C(=O)C(C)C)CC1. The van der Waals surface area contributed by atoms with E-state index in [9.17, 15) is 14.4 Å². The van der Waals surface area contributed by atoms with Gasteiger partial charge in [-0.05, 0) is 56.7 Å². The number of rotatable bonds is 5. The number of aryl methyl sites for hydroxylation is 1. The van der Waals surface area contributed by atoms with Crippen molar-refractivity contribution in [2.24, 2.45) is 11.8 Å². The van der Waals surface area contributed by atoms with Crippen molar-refractivity contribution in [1.82, 2.24) is 15.5 Å². The van der Waals surface area contributed by atoms with Gasteiger partial charge in [0.15, 0.2) is 0 Å². The Kier molecular flexibility index (Phi) is 7.11. The van der Waals surface area contributed by atoms with Crippen molar-refractivity contribution >= 4 is 11.8 Å². The van der Waals surface area contributed by atoms with Crippen LogP contribution in [0.5, 0.6) is 0 Å². The van der Waals surface area contributed by atoms with Crippen molar-refractivity contribution in [2.45, 2.75) is 52.4 Å². The van der Waals surface area contributed by atoms with Crippen LogP contribution in [0.25, 0.3) is 0 Å². The number of carbonyl (C=O) groups excluding carboxylic acids is 2. The van der Waals surface area contributed by atoms with Crippen molar-refractivity contribution < 1.29 is 14.0 Å². The summed E-state index contributed by atoms with van der Waals surface area (Å²) >= 11 is 0. The Morgan fingerprint density at radius 2 is 2.00 bits per heavy atom. The number of nitrogens with one attached hydrogen (secondary N) is 2. The van der Waals surface area contributed by atoms with Crippen molar-refractivity contribution in [3.8, 4) is 0 Å². The van der Waals surface area contributed by atoms with Crippen molar-refractivity contribution in [1.29, 1.82) is 0 Å². The van der Waals surface area contributed by atoms with Crippen LogP contribution in [0.15, 0.2) is 15.3 Å². The van der Waals surface area contributed by atoms with E-state index in [1.165, 1.54) is 0 Å². The van der Waals surface area contributed by atoms with Gasteiger partial charge in [-0.3, -0.25) is 9.59 Å². The molecule has 0 spiro atoms. The number of hydrogen-bond acceptors (Lipinski definition) is 5. The van der Waals surface area contributed by atoms with Crippen LogP contribution in [0.2, 0.25) is 0 Å². The van der Waals surface area contributed by atoms with E-state index >= 15 is 0 Å². The molecule has 2 saturated heterocycles. The largest absolute Gasteiger partial charge is 0.427 e. The molecule has 1 aromatic rings. The first-order valence-electron chi connectivity index (χ1n) is 10.8. The van der Waals surface area contributed by atoms with Crippen LogP contribution >= 0.6 is 0 Å². The molecule has 1 aromatic heterocycles. The van der Waals surface area contributed by atoms with E-state index in [-0.39, 0.29) is 29.2 Å². The summed E-state index contributed by atoms with van der Waals surface area (Å²) in [6, 6.07) is 1.84. The lowest BCUT2D eigenvalue weighted by Gasteiger charge is -2.33. The normalized spacial score (nSPS) is 20.7. The van der Waals surface area contributed by atoms with Gasteiger partial charge in [0.2, 0.25) is 5.91 Å². The minimum absolute atomic E-state index is 0.0146. The Balaban J connectivity index is 1.56. The molecule has 7 nitrogen and oxygen atoms in total. The molecule has 160 valence electrons. The number of hydrogen-bond donors (Lipinski definition) is 2. The van der Waals surface area contributed by atoms with E-state index in [1.807, 2.05) is 24.8 Å². The van der Waals surface area contributed by atoms with E-state index in [1.54, 1.807) is 6.92 Å². The molecule has 1 unspecified atom stereocenters. The summed E-state index contributed by atoms with van der Waals surface area (Å²) < 4.78 is 5.50. The van der Waals surface area contributed by atoms with Crippen LogP contribution in [0.4, 0.5) is 0 Å². The van der Waals surface area contributed by atoms with E-state index in [2.05, 4.69) is 10.6 Å². The number of likely N-dealkylation sites (tertiary alicyclic amines) is 1. The molecule has 2 aliphatic heterocycles. The maximum Gasteiger partial charge on any atom is 0.349 e.